The molecular weight excluding hydrogens is 659 g/mol. The highest BCUT2D eigenvalue weighted by Crippen LogP contribution is 2.40. The van der Waals surface area contributed by atoms with Gasteiger partial charge in [0.05, 0.1) is 22.1 Å². The quantitative estimate of drug-likeness (QED) is 0.159. The van der Waals surface area contributed by atoms with E-state index in [0.29, 0.717) is 17.5 Å². The van der Waals surface area contributed by atoms with Crippen LogP contribution in [0.5, 0.6) is 0 Å². The largest absolute Gasteiger partial charge is 0.309 e. The van der Waals surface area contributed by atoms with Crippen molar-refractivity contribution in [2.24, 2.45) is 0 Å². The lowest BCUT2D eigenvalue weighted by Gasteiger charge is -2.11. The van der Waals surface area contributed by atoms with E-state index in [1.165, 1.54) is 67.7 Å². The third-order valence-electron chi connectivity index (χ3n) is 10.5. The molecule has 0 spiro atoms. The molecule has 54 heavy (non-hydrogen) atoms. The minimum atomic E-state index is 0.643. The standard InChI is InChI=1S/C49H37N5/c1-2-3-15-33-16-14-21-38(30-33)54-44-25-13-11-23-40(44)42-31-45-41(32-46(42)54)39-22-10-12-24-43(39)53(45)37-28-26-36(27-29-37)49-51-47(34-17-6-4-7-18-34)50-48(52-49)35-19-8-5-9-20-35/h4-14,16-32H,2-3,15H2,1H3. The zero-order valence-electron chi connectivity index (χ0n) is 30.0. The van der Waals surface area contributed by atoms with Gasteiger partial charge in [-0.15, -0.1) is 0 Å². The second kappa shape index (κ2) is 13.3. The van der Waals surface area contributed by atoms with Crippen molar-refractivity contribution in [3.63, 3.8) is 0 Å². The van der Waals surface area contributed by atoms with E-state index in [9.17, 15) is 0 Å². The van der Waals surface area contributed by atoms with Crippen molar-refractivity contribution in [2.45, 2.75) is 26.2 Å². The van der Waals surface area contributed by atoms with Crippen LogP contribution in [0.4, 0.5) is 0 Å². The molecule has 7 aromatic carbocycles. The molecule has 0 N–H and O–H groups in total. The zero-order chi connectivity index (χ0) is 36.0. The predicted molar refractivity (Wildman–Crippen MR) is 223 cm³/mol. The molecule has 3 heterocycles. The molecule has 0 aliphatic rings. The number of benzene rings is 7. The molecule has 0 fully saturated rings. The Bertz CT molecular complexity index is 2900. The number of unbranched alkanes of at least 4 members (excludes halogenated alkanes) is 1. The molecule has 0 unspecified atom stereocenters. The Balaban J connectivity index is 1.14. The summed E-state index contributed by atoms with van der Waals surface area (Å²) in [7, 11) is 0. The molecule has 3 aromatic heterocycles. The molecular formula is C49H37N5. The van der Waals surface area contributed by atoms with Gasteiger partial charge < -0.3 is 9.13 Å². The van der Waals surface area contributed by atoms with Gasteiger partial charge in [-0.3, -0.25) is 0 Å². The lowest BCUT2D eigenvalue weighted by Crippen LogP contribution is -2.00. The SMILES string of the molecule is CCCCc1cccc(-n2c3ccccc3c3cc4c(cc32)c2ccccc2n4-c2ccc(-c3nc(-c4ccccc4)nc(-c4ccccc4)n3)cc2)c1. The van der Waals surface area contributed by atoms with Gasteiger partial charge in [0.15, 0.2) is 17.5 Å². The molecule has 5 nitrogen and oxygen atoms in total. The van der Waals surface area contributed by atoms with E-state index in [-0.39, 0.29) is 0 Å². The van der Waals surface area contributed by atoms with Gasteiger partial charge in [-0.1, -0.05) is 123 Å². The number of nitrogens with zero attached hydrogens (tertiary/aromatic N) is 5. The van der Waals surface area contributed by atoms with Crippen molar-refractivity contribution in [3.05, 3.63) is 175 Å². The molecule has 10 aromatic rings. The van der Waals surface area contributed by atoms with Crippen molar-refractivity contribution in [2.75, 3.05) is 0 Å². The molecule has 0 aliphatic carbocycles. The first kappa shape index (κ1) is 31.9. The van der Waals surface area contributed by atoms with Crippen molar-refractivity contribution < 1.29 is 0 Å². The van der Waals surface area contributed by atoms with Gasteiger partial charge in [-0.05, 0) is 79.1 Å². The maximum absolute atomic E-state index is 4.97. The van der Waals surface area contributed by atoms with Gasteiger partial charge >= 0.3 is 0 Å². The van der Waals surface area contributed by atoms with E-state index >= 15 is 0 Å². The van der Waals surface area contributed by atoms with E-state index in [1.807, 2.05) is 60.7 Å². The Morgan fingerprint density at radius 3 is 1.41 bits per heavy atom. The molecule has 0 saturated carbocycles. The summed E-state index contributed by atoms with van der Waals surface area (Å²) in [5.74, 6) is 1.95. The van der Waals surface area contributed by atoms with Crippen LogP contribution in [0.3, 0.4) is 0 Å². The molecule has 0 radical (unpaired) electrons. The highest BCUT2D eigenvalue weighted by molar-refractivity contribution is 6.19. The van der Waals surface area contributed by atoms with Crippen molar-refractivity contribution in [1.29, 1.82) is 0 Å². The van der Waals surface area contributed by atoms with Crippen LogP contribution in [-0.2, 0) is 6.42 Å². The number of hydrogen-bond donors (Lipinski definition) is 0. The molecule has 0 bridgehead atoms. The lowest BCUT2D eigenvalue weighted by molar-refractivity contribution is 0.794. The fourth-order valence-corrected chi connectivity index (χ4v) is 7.92. The number of fused-ring (bicyclic) bond motifs is 6. The summed E-state index contributed by atoms with van der Waals surface area (Å²) in [6.45, 7) is 2.26. The lowest BCUT2D eigenvalue weighted by atomic mass is 10.1. The van der Waals surface area contributed by atoms with Crippen LogP contribution in [0.1, 0.15) is 25.3 Å². The van der Waals surface area contributed by atoms with Gasteiger partial charge in [0, 0.05) is 49.6 Å². The smallest absolute Gasteiger partial charge is 0.164 e. The predicted octanol–water partition coefficient (Wildman–Crippen LogP) is 12.4. The average molecular weight is 696 g/mol. The van der Waals surface area contributed by atoms with Crippen LogP contribution in [0.25, 0.3) is 89.2 Å². The van der Waals surface area contributed by atoms with E-state index < -0.39 is 0 Å². The van der Waals surface area contributed by atoms with Crippen molar-refractivity contribution >= 4 is 43.6 Å². The fourth-order valence-electron chi connectivity index (χ4n) is 7.92. The van der Waals surface area contributed by atoms with Crippen molar-refractivity contribution in [1.82, 2.24) is 24.1 Å². The Hall–Kier alpha value is -6.85. The van der Waals surface area contributed by atoms with Gasteiger partial charge in [-0.2, -0.15) is 0 Å². The van der Waals surface area contributed by atoms with Gasteiger partial charge in [0.2, 0.25) is 0 Å². The number of para-hydroxylation sites is 2. The second-order valence-electron chi connectivity index (χ2n) is 14.0. The Labute approximate surface area is 313 Å². The number of aryl methyl sites for hydroxylation is 1. The van der Waals surface area contributed by atoms with E-state index in [1.54, 1.807) is 0 Å². The highest BCUT2D eigenvalue weighted by Gasteiger charge is 2.19. The molecule has 0 amide bonds. The molecule has 258 valence electrons. The second-order valence-corrected chi connectivity index (χ2v) is 14.0. The number of hydrogen-bond acceptors (Lipinski definition) is 3. The van der Waals surface area contributed by atoms with E-state index in [4.69, 9.17) is 15.0 Å². The minimum absolute atomic E-state index is 0.643. The summed E-state index contributed by atoms with van der Waals surface area (Å²) in [5, 5.41) is 4.94. The Kier molecular flexibility index (Phi) is 7.84. The summed E-state index contributed by atoms with van der Waals surface area (Å²) < 4.78 is 4.84. The topological polar surface area (TPSA) is 48.5 Å². The van der Waals surface area contributed by atoms with Crippen LogP contribution in [0.2, 0.25) is 0 Å². The van der Waals surface area contributed by atoms with Crippen LogP contribution in [-0.4, -0.2) is 24.1 Å². The minimum Gasteiger partial charge on any atom is -0.309 e. The highest BCUT2D eigenvalue weighted by atomic mass is 15.0. The van der Waals surface area contributed by atoms with Crippen molar-refractivity contribution in [3.8, 4) is 45.5 Å². The molecule has 0 atom stereocenters. The molecule has 10 rings (SSSR count). The van der Waals surface area contributed by atoms with Gasteiger partial charge in [0.25, 0.3) is 0 Å². The molecule has 5 heteroatoms. The zero-order valence-corrected chi connectivity index (χ0v) is 30.0. The normalized spacial score (nSPS) is 11.6. The van der Waals surface area contributed by atoms with Crippen LogP contribution >= 0.6 is 0 Å². The first-order valence-corrected chi connectivity index (χ1v) is 18.8. The average Bonchev–Trinajstić information content (AvgIpc) is 3.74. The Morgan fingerprint density at radius 2 is 0.870 bits per heavy atom. The fraction of sp³-hybridized carbons (Fsp3) is 0.0816. The Morgan fingerprint density at radius 1 is 0.389 bits per heavy atom. The van der Waals surface area contributed by atoms with Gasteiger partial charge in [0.1, 0.15) is 0 Å². The summed E-state index contributed by atoms with van der Waals surface area (Å²) in [6.07, 6.45) is 3.47. The summed E-state index contributed by atoms with van der Waals surface area (Å²) in [6, 6.07) is 60.3. The van der Waals surface area contributed by atoms with Crippen LogP contribution < -0.4 is 0 Å². The summed E-state index contributed by atoms with van der Waals surface area (Å²) in [5.41, 5.74) is 11.3. The van der Waals surface area contributed by atoms with E-state index in [2.05, 4.69) is 125 Å². The monoisotopic (exact) mass is 695 g/mol. The first-order chi connectivity index (χ1) is 26.7. The third kappa shape index (κ3) is 5.44. The number of aromatic nitrogens is 5. The first-order valence-electron chi connectivity index (χ1n) is 18.8. The number of rotatable bonds is 8. The third-order valence-corrected chi connectivity index (χ3v) is 10.5. The summed E-state index contributed by atoms with van der Waals surface area (Å²) >= 11 is 0. The maximum atomic E-state index is 4.97. The van der Waals surface area contributed by atoms with Crippen LogP contribution in [0, 0.1) is 0 Å². The molecule has 0 saturated heterocycles. The summed E-state index contributed by atoms with van der Waals surface area (Å²) in [4.78, 5) is 14.8. The molecule has 0 aliphatic heterocycles. The van der Waals surface area contributed by atoms with Crippen LogP contribution in [0.15, 0.2) is 170 Å². The van der Waals surface area contributed by atoms with E-state index in [0.717, 1.165) is 28.8 Å². The van der Waals surface area contributed by atoms with Gasteiger partial charge in [-0.25, -0.2) is 15.0 Å². The maximum Gasteiger partial charge on any atom is 0.164 e.